The molecule has 26 heavy (non-hydrogen) atoms. The summed E-state index contributed by atoms with van der Waals surface area (Å²) in [6, 6.07) is 10.1. The molecule has 138 valence electrons. The van der Waals surface area contributed by atoms with Crippen LogP contribution in [0.2, 0.25) is 5.02 Å². The fourth-order valence-corrected chi connectivity index (χ4v) is 3.80. The van der Waals surface area contributed by atoms with E-state index < -0.39 is 0 Å². The number of nitriles is 1. The first kappa shape index (κ1) is 18.6. The lowest BCUT2D eigenvalue weighted by Crippen LogP contribution is -2.44. The first-order chi connectivity index (χ1) is 12.7. The Hall–Kier alpha value is -2.19. The van der Waals surface area contributed by atoms with Gasteiger partial charge in [-0.25, -0.2) is 0 Å². The number of carbonyl (C=O) groups excluding carboxylic acids is 1. The molecular formula is C20H25ClN4O. The van der Waals surface area contributed by atoms with Gasteiger partial charge in [-0.1, -0.05) is 36.9 Å². The molecule has 1 aliphatic heterocycles. The second-order valence-corrected chi connectivity index (χ2v) is 7.40. The lowest BCUT2D eigenvalue weighted by molar-refractivity contribution is -0.118. The van der Waals surface area contributed by atoms with Crippen LogP contribution in [0.1, 0.15) is 32.1 Å². The van der Waals surface area contributed by atoms with E-state index in [2.05, 4.69) is 27.3 Å². The molecule has 2 fully saturated rings. The number of hydrogen-bond donors (Lipinski definition) is 1. The molecule has 0 unspecified atom stereocenters. The third-order valence-corrected chi connectivity index (χ3v) is 5.34. The largest absolute Gasteiger partial charge is 0.373 e. The van der Waals surface area contributed by atoms with Gasteiger partial charge < -0.3 is 15.1 Å². The van der Waals surface area contributed by atoms with Crippen LogP contribution in [0.25, 0.3) is 0 Å². The number of amides is 1. The minimum absolute atomic E-state index is 0.201. The number of benzene rings is 1. The van der Waals surface area contributed by atoms with Crippen LogP contribution in [0.3, 0.4) is 0 Å². The number of rotatable bonds is 4. The summed E-state index contributed by atoms with van der Waals surface area (Å²) in [6.07, 6.45) is 7.30. The molecule has 3 rings (SSSR count). The van der Waals surface area contributed by atoms with Gasteiger partial charge >= 0.3 is 0 Å². The van der Waals surface area contributed by atoms with Gasteiger partial charge in [0.25, 0.3) is 5.91 Å². The van der Waals surface area contributed by atoms with E-state index >= 15 is 0 Å². The van der Waals surface area contributed by atoms with Gasteiger partial charge in [-0.2, -0.15) is 5.26 Å². The minimum atomic E-state index is -0.239. The van der Waals surface area contributed by atoms with E-state index in [9.17, 15) is 10.1 Å². The van der Waals surface area contributed by atoms with Gasteiger partial charge in [-0.15, -0.1) is 0 Å². The SMILES string of the molecule is N#C/C(=C/N1CCN(c2cccc(Cl)c2)CC1)C(=O)NC1CCCCC1. The lowest BCUT2D eigenvalue weighted by atomic mass is 9.95. The zero-order valence-electron chi connectivity index (χ0n) is 15.0. The van der Waals surface area contributed by atoms with E-state index in [1.807, 2.05) is 18.2 Å². The number of nitrogens with zero attached hydrogens (tertiary/aromatic N) is 3. The fraction of sp³-hybridized carbons (Fsp3) is 0.500. The molecule has 1 aromatic rings. The third-order valence-electron chi connectivity index (χ3n) is 5.10. The van der Waals surface area contributed by atoms with Crippen molar-refractivity contribution in [2.75, 3.05) is 31.1 Å². The summed E-state index contributed by atoms with van der Waals surface area (Å²) in [6.45, 7) is 3.21. The molecule has 0 bridgehead atoms. The topological polar surface area (TPSA) is 59.4 Å². The molecule has 1 amide bonds. The molecule has 0 atom stereocenters. The van der Waals surface area contributed by atoms with Crippen LogP contribution in [-0.2, 0) is 4.79 Å². The molecule has 1 aliphatic carbocycles. The molecule has 2 aliphatic rings. The van der Waals surface area contributed by atoms with Crippen LogP contribution < -0.4 is 10.2 Å². The highest BCUT2D eigenvalue weighted by Gasteiger charge is 2.20. The molecule has 1 heterocycles. The molecule has 5 nitrogen and oxygen atoms in total. The summed E-state index contributed by atoms with van der Waals surface area (Å²) in [7, 11) is 0. The molecular weight excluding hydrogens is 348 g/mol. The normalized spacial score (nSPS) is 19.2. The Kier molecular flexibility index (Phi) is 6.40. The summed E-state index contributed by atoms with van der Waals surface area (Å²) < 4.78 is 0. The molecule has 1 saturated heterocycles. The Morgan fingerprint density at radius 1 is 1.19 bits per heavy atom. The van der Waals surface area contributed by atoms with E-state index in [4.69, 9.17) is 11.6 Å². The molecule has 1 saturated carbocycles. The van der Waals surface area contributed by atoms with Crippen LogP contribution in [0, 0.1) is 11.3 Å². The Balaban J connectivity index is 1.55. The number of carbonyl (C=O) groups is 1. The second kappa shape index (κ2) is 8.95. The van der Waals surface area contributed by atoms with Gasteiger partial charge in [0.15, 0.2) is 0 Å². The van der Waals surface area contributed by atoms with Crippen molar-refractivity contribution in [3.63, 3.8) is 0 Å². The number of anilines is 1. The number of piperazine rings is 1. The van der Waals surface area contributed by atoms with Crippen molar-refractivity contribution in [2.45, 2.75) is 38.1 Å². The fourth-order valence-electron chi connectivity index (χ4n) is 3.61. The van der Waals surface area contributed by atoms with Crippen molar-refractivity contribution < 1.29 is 4.79 Å². The molecule has 0 aromatic heterocycles. The Morgan fingerprint density at radius 3 is 2.58 bits per heavy atom. The average Bonchev–Trinajstić information content (AvgIpc) is 2.67. The molecule has 0 radical (unpaired) electrons. The quantitative estimate of drug-likeness (QED) is 0.650. The van der Waals surface area contributed by atoms with Gasteiger partial charge in [0, 0.05) is 49.1 Å². The smallest absolute Gasteiger partial charge is 0.263 e. The van der Waals surface area contributed by atoms with E-state index in [0.717, 1.165) is 62.6 Å². The number of nitrogens with one attached hydrogen (secondary N) is 1. The van der Waals surface area contributed by atoms with Crippen molar-refractivity contribution in [3.8, 4) is 6.07 Å². The second-order valence-electron chi connectivity index (χ2n) is 6.97. The molecule has 0 spiro atoms. The maximum Gasteiger partial charge on any atom is 0.263 e. The number of hydrogen-bond acceptors (Lipinski definition) is 4. The lowest BCUT2D eigenvalue weighted by Gasteiger charge is -2.35. The van der Waals surface area contributed by atoms with E-state index in [1.54, 1.807) is 6.20 Å². The van der Waals surface area contributed by atoms with E-state index in [-0.39, 0.29) is 17.5 Å². The first-order valence-electron chi connectivity index (χ1n) is 9.33. The van der Waals surface area contributed by atoms with Gasteiger partial charge in [-0.3, -0.25) is 4.79 Å². The minimum Gasteiger partial charge on any atom is -0.373 e. The maximum absolute atomic E-state index is 12.4. The van der Waals surface area contributed by atoms with E-state index in [0.29, 0.717) is 0 Å². The van der Waals surface area contributed by atoms with Crippen LogP contribution in [0.5, 0.6) is 0 Å². The summed E-state index contributed by atoms with van der Waals surface area (Å²) in [4.78, 5) is 16.7. The average molecular weight is 373 g/mol. The van der Waals surface area contributed by atoms with Crippen molar-refractivity contribution in [1.29, 1.82) is 5.26 Å². The molecule has 1 N–H and O–H groups in total. The molecule has 6 heteroatoms. The Morgan fingerprint density at radius 2 is 1.92 bits per heavy atom. The summed E-state index contributed by atoms with van der Waals surface area (Å²) in [5.74, 6) is -0.239. The summed E-state index contributed by atoms with van der Waals surface area (Å²) >= 11 is 6.07. The zero-order valence-corrected chi connectivity index (χ0v) is 15.7. The van der Waals surface area contributed by atoms with Crippen molar-refractivity contribution in [1.82, 2.24) is 10.2 Å². The van der Waals surface area contributed by atoms with Crippen LogP contribution in [0.4, 0.5) is 5.69 Å². The monoisotopic (exact) mass is 372 g/mol. The highest BCUT2D eigenvalue weighted by molar-refractivity contribution is 6.30. The van der Waals surface area contributed by atoms with Gasteiger partial charge in [0.05, 0.1) is 0 Å². The summed E-state index contributed by atoms with van der Waals surface area (Å²) in [5.41, 5.74) is 1.31. The maximum atomic E-state index is 12.4. The molecule has 1 aromatic carbocycles. The predicted molar refractivity (Wildman–Crippen MR) is 104 cm³/mol. The van der Waals surface area contributed by atoms with Crippen molar-refractivity contribution in [2.24, 2.45) is 0 Å². The van der Waals surface area contributed by atoms with Crippen molar-refractivity contribution in [3.05, 3.63) is 41.1 Å². The highest BCUT2D eigenvalue weighted by atomic mass is 35.5. The third kappa shape index (κ3) is 4.92. The van der Waals surface area contributed by atoms with E-state index in [1.165, 1.54) is 6.42 Å². The standard InChI is InChI=1S/C20H25ClN4O/c21-17-5-4-8-19(13-17)25-11-9-24(10-12-25)15-16(14-22)20(26)23-18-6-2-1-3-7-18/h4-5,8,13,15,18H,1-3,6-7,9-12H2,(H,23,26)/b16-15-. The Bertz CT molecular complexity index is 698. The Labute approximate surface area is 160 Å². The van der Waals surface area contributed by atoms with Gasteiger partial charge in [0.1, 0.15) is 11.6 Å². The first-order valence-corrected chi connectivity index (χ1v) is 9.71. The highest BCUT2D eigenvalue weighted by Crippen LogP contribution is 2.21. The zero-order chi connectivity index (χ0) is 18.4. The van der Waals surface area contributed by atoms with Gasteiger partial charge in [-0.05, 0) is 31.0 Å². The van der Waals surface area contributed by atoms with Crippen LogP contribution in [-0.4, -0.2) is 43.0 Å². The van der Waals surface area contributed by atoms with Crippen molar-refractivity contribution >= 4 is 23.2 Å². The predicted octanol–water partition coefficient (Wildman–Crippen LogP) is 3.32. The summed E-state index contributed by atoms with van der Waals surface area (Å²) in [5, 5.41) is 13.1. The van der Waals surface area contributed by atoms with Crippen LogP contribution >= 0.6 is 11.6 Å². The van der Waals surface area contributed by atoms with Gasteiger partial charge in [0.2, 0.25) is 0 Å². The number of halogens is 1. The van der Waals surface area contributed by atoms with Crippen LogP contribution in [0.15, 0.2) is 36.0 Å².